The van der Waals surface area contributed by atoms with Gasteiger partial charge in [-0.05, 0) is 36.4 Å². The number of halogens is 11. The molecule has 0 saturated carbocycles. The molecule has 0 fully saturated rings. The molecule has 1 N–H and O–H groups in total. The highest BCUT2D eigenvalue weighted by Gasteiger charge is 2.73. The zero-order valence-electron chi connectivity index (χ0n) is 23.2. The van der Waals surface area contributed by atoms with Gasteiger partial charge in [-0.15, -0.1) is 0 Å². The van der Waals surface area contributed by atoms with Crippen LogP contribution in [0, 0.1) is 0 Å². The third-order valence-corrected chi connectivity index (χ3v) is 9.85. The molecule has 0 aliphatic rings. The molecule has 0 spiro atoms. The first-order valence-corrected chi connectivity index (χ1v) is 15.3. The molecule has 1 heterocycles. The maximum Gasteiger partial charge on any atom is 0.432 e. The minimum Gasteiger partial charge on any atom is -0.490 e. The summed E-state index contributed by atoms with van der Waals surface area (Å²) in [6, 6.07) is 14.1. The fourth-order valence-electron chi connectivity index (χ4n) is 4.35. The van der Waals surface area contributed by atoms with Gasteiger partial charge >= 0.3 is 33.9 Å². The second-order valence-electron chi connectivity index (χ2n) is 9.67. The van der Waals surface area contributed by atoms with Gasteiger partial charge in [-0.3, -0.25) is 4.55 Å². The molecule has 20 heteroatoms. The normalized spacial score (nSPS) is 14.9. The summed E-state index contributed by atoms with van der Waals surface area (Å²) in [6.45, 7) is -3.38. The van der Waals surface area contributed by atoms with Crippen molar-refractivity contribution >= 4 is 40.8 Å². The first-order chi connectivity index (χ1) is 21.5. The summed E-state index contributed by atoms with van der Waals surface area (Å²) in [4.78, 5) is 0.350. The molecule has 2 unspecified atom stereocenters. The third kappa shape index (κ3) is 6.92. The topological polar surface area (TPSA) is 91.3 Å². The SMILES string of the molecule is COCOC(COc1ccc2c(c1)c1ccccc1[s+]2-c1ccc(OC(C(F)(F)F)C(F)(F)S(=O)(=O)O)cc1)(C(F)(F)F)C(F)(F)F. The number of benzene rings is 3. The molecule has 3 aromatic carbocycles. The van der Waals surface area contributed by atoms with Crippen molar-refractivity contribution in [3.63, 3.8) is 0 Å². The molecule has 2 atom stereocenters. The quantitative estimate of drug-likeness (QED) is 0.0718. The number of alkyl halides is 11. The van der Waals surface area contributed by atoms with Gasteiger partial charge in [-0.2, -0.15) is 56.7 Å². The lowest BCUT2D eigenvalue weighted by atomic mass is 10.0. The summed E-state index contributed by atoms with van der Waals surface area (Å²) in [6.07, 6.45) is -22.1. The Morgan fingerprint density at radius 1 is 0.766 bits per heavy atom. The van der Waals surface area contributed by atoms with E-state index in [1.165, 1.54) is 24.3 Å². The van der Waals surface area contributed by atoms with Crippen molar-refractivity contribution in [3.05, 3.63) is 66.7 Å². The molecular weight excluding hydrogens is 709 g/mol. The molecule has 4 rings (SSSR count). The Morgan fingerprint density at radius 2 is 1.32 bits per heavy atom. The minimum atomic E-state index is -6.54. The van der Waals surface area contributed by atoms with Crippen molar-refractivity contribution in [2.45, 2.75) is 35.5 Å². The highest BCUT2D eigenvalue weighted by atomic mass is 32.2. The van der Waals surface area contributed by atoms with E-state index in [2.05, 4.69) is 14.2 Å². The lowest BCUT2D eigenvalue weighted by Crippen LogP contribution is -2.62. The maximum atomic E-state index is 13.9. The summed E-state index contributed by atoms with van der Waals surface area (Å²) in [5.74, 6) is -1.24. The summed E-state index contributed by atoms with van der Waals surface area (Å²) in [5.41, 5.74) is -4.74. The van der Waals surface area contributed by atoms with Crippen LogP contribution in [0.2, 0.25) is 0 Å². The molecule has 0 radical (unpaired) electrons. The standard InChI is InChI=1S/C27H19F11O7S2/c1-42-14-44-23(26(33,34)35,27(36,37)38)13-43-16-8-11-21-19(12-16)18-4-2-3-5-20(18)46(21)17-9-6-15(7-10-17)45-22(24(28,29)30)25(31,32)47(39,40)41/h2-12,22H,13-14H2,1H3/p+1. The molecule has 0 saturated heterocycles. The molecule has 0 aliphatic carbocycles. The number of thiophene rings is 1. The molecule has 47 heavy (non-hydrogen) atoms. The van der Waals surface area contributed by atoms with Gasteiger partial charge in [0.15, 0.2) is 14.3 Å². The summed E-state index contributed by atoms with van der Waals surface area (Å²) >= 11 is 0. The largest absolute Gasteiger partial charge is 0.490 e. The maximum absolute atomic E-state index is 13.9. The van der Waals surface area contributed by atoms with Gasteiger partial charge in [0, 0.05) is 41.2 Å². The zero-order valence-corrected chi connectivity index (χ0v) is 24.8. The van der Waals surface area contributed by atoms with Crippen molar-refractivity contribution in [2.24, 2.45) is 0 Å². The van der Waals surface area contributed by atoms with Crippen molar-refractivity contribution in [1.29, 1.82) is 0 Å². The van der Waals surface area contributed by atoms with Gasteiger partial charge in [-0.25, -0.2) is 0 Å². The number of methoxy groups -OCH3 is 1. The summed E-state index contributed by atoms with van der Waals surface area (Å²) in [5, 5.41) is -4.95. The molecule has 0 bridgehead atoms. The molecule has 7 nitrogen and oxygen atoms in total. The van der Waals surface area contributed by atoms with Crippen LogP contribution in [-0.4, -0.2) is 69.0 Å². The Kier molecular flexibility index (Phi) is 9.70. The van der Waals surface area contributed by atoms with Crippen LogP contribution in [0.1, 0.15) is 0 Å². The first-order valence-electron chi connectivity index (χ1n) is 12.6. The number of fused-ring (bicyclic) bond motifs is 3. The van der Waals surface area contributed by atoms with Crippen LogP contribution in [-0.2, 0) is 19.6 Å². The molecule has 1 aromatic heterocycles. The van der Waals surface area contributed by atoms with E-state index in [0.29, 0.717) is 25.1 Å². The zero-order chi connectivity index (χ0) is 35.2. The van der Waals surface area contributed by atoms with Gasteiger partial charge in [0.05, 0.1) is 5.39 Å². The molecule has 0 aliphatic heterocycles. The van der Waals surface area contributed by atoms with Crippen LogP contribution in [0.4, 0.5) is 48.3 Å². The Hall–Kier alpha value is -3.46. The van der Waals surface area contributed by atoms with E-state index < -0.39 is 81.0 Å². The van der Waals surface area contributed by atoms with Gasteiger partial charge < -0.3 is 18.9 Å². The third-order valence-electron chi connectivity index (χ3n) is 6.61. The van der Waals surface area contributed by atoms with Crippen LogP contribution in [0.15, 0.2) is 66.7 Å². The average Bonchev–Trinajstić information content (AvgIpc) is 3.27. The van der Waals surface area contributed by atoms with Gasteiger partial charge in [-0.1, -0.05) is 12.1 Å². The lowest BCUT2D eigenvalue weighted by molar-refractivity contribution is -0.397. The van der Waals surface area contributed by atoms with Crippen molar-refractivity contribution in [1.82, 2.24) is 0 Å². The Balaban J connectivity index is 1.73. The van der Waals surface area contributed by atoms with E-state index in [0.717, 1.165) is 25.3 Å². The van der Waals surface area contributed by atoms with Crippen LogP contribution in [0.25, 0.3) is 25.1 Å². The lowest BCUT2D eigenvalue weighted by Gasteiger charge is -2.36. The smallest absolute Gasteiger partial charge is 0.432 e. The van der Waals surface area contributed by atoms with Gasteiger partial charge in [0.25, 0.3) is 11.7 Å². The number of hydrogen-bond acceptors (Lipinski definition) is 6. The Bertz CT molecular complexity index is 1820. The highest BCUT2D eigenvalue weighted by Crippen LogP contribution is 2.50. The highest BCUT2D eigenvalue weighted by molar-refractivity contribution is 7.86. The van der Waals surface area contributed by atoms with Crippen LogP contribution in [0.3, 0.4) is 0 Å². The van der Waals surface area contributed by atoms with Crippen molar-refractivity contribution in [3.8, 4) is 16.4 Å². The van der Waals surface area contributed by atoms with E-state index in [-0.39, 0.29) is 0 Å². The predicted octanol–water partition coefficient (Wildman–Crippen LogP) is 8.38. The average molecular weight is 730 g/mol. The van der Waals surface area contributed by atoms with Crippen LogP contribution in [0.5, 0.6) is 11.5 Å². The van der Waals surface area contributed by atoms with Crippen LogP contribution >= 0.6 is 10.5 Å². The molecule has 0 amide bonds. The Morgan fingerprint density at radius 3 is 1.85 bits per heavy atom. The minimum absolute atomic E-state index is 0.328. The summed E-state index contributed by atoms with van der Waals surface area (Å²) < 4.78 is 199. The van der Waals surface area contributed by atoms with Crippen LogP contribution < -0.4 is 9.47 Å². The van der Waals surface area contributed by atoms with E-state index in [1.54, 1.807) is 24.3 Å². The van der Waals surface area contributed by atoms with Gasteiger partial charge in [0.1, 0.15) is 24.9 Å². The number of hydrogen-bond donors (Lipinski definition) is 1. The number of ether oxygens (including phenoxy) is 4. The first kappa shape index (κ1) is 36.4. The second kappa shape index (κ2) is 12.5. The Labute approximate surface area is 260 Å². The fraction of sp³-hybridized carbons (Fsp3) is 0.333. The van der Waals surface area contributed by atoms with Crippen molar-refractivity contribution < 1.29 is 80.2 Å². The van der Waals surface area contributed by atoms with Crippen molar-refractivity contribution in [2.75, 3.05) is 20.5 Å². The molecule has 4 aromatic rings. The molecular formula is C27H20F11O7S2+. The van der Waals surface area contributed by atoms with E-state index in [1.807, 2.05) is 0 Å². The van der Waals surface area contributed by atoms with Gasteiger partial charge in [0.2, 0.25) is 0 Å². The fourth-order valence-corrected chi connectivity index (χ4v) is 7.16. The monoisotopic (exact) mass is 729 g/mol. The second-order valence-corrected chi connectivity index (χ2v) is 13.1. The number of rotatable bonds is 11. The van der Waals surface area contributed by atoms with E-state index in [9.17, 15) is 56.7 Å². The van der Waals surface area contributed by atoms with E-state index >= 15 is 0 Å². The predicted molar refractivity (Wildman–Crippen MR) is 146 cm³/mol. The molecule has 258 valence electrons. The summed E-state index contributed by atoms with van der Waals surface area (Å²) in [7, 11) is -6.80. The van der Waals surface area contributed by atoms with E-state index in [4.69, 9.17) is 9.29 Å².